The highest BCUT2D eigenvalue weighted by Crippen LogP contribution is 2.40. The third-order valence-corrected chi connectivity index (χ3v) is 5.66. The molecule has 2 aromatic carbocycles. The quantitative estimate of drug-likeness (QED) is 0.405. The van der Waals surface area contributed by atoms with E-state index in [4.69, 9.17) is 11.6 Å². The number of carbonyl (C=O) groups excluding carboxylic acids is 2. The van der Waals surface area contributed by atoms with Crippen molar-refractivity contribution in [3.05, 3.63) is 76.1 Å². The zero-order valence-electron chi connectivity index (χ0n) is 16.9. The summed E-state index contributed by atoms with van der Waals surface area (Å²) in [5, 5.41) is 11.4. The maximum absolute atomic E-state index is 14.7. The van der Waals surface area contributed by atoms with Crippen LogP contribution in [-0.2, 0) is 9.59 Å². The highest BCUT2D eigenvalue weighted by molar-refractivity contribution is 6.46. The van der Waals surface area contributed by atoms with Gasteiger partial charge in [0, 0.05) is 29.2 Å². The molecule has 1 atom stereocenters. The molecule has 158 valence electrons. The summed E-state index contributed by atoms with van der Waals surface area (Å²) in [6.45, 7) is 6.36. The van der Waals surface area contributed by atoms with Gasteiger partial charge in [-0.05, 0) is 43.4 Å². The molecular formula is C23H24ClFN2O3. The molecular weight excluding hydrogens is 407 g/mol. The summed E-state index contributed by atoms with van der Waals surface area (Å²) >= 11 is 5.91. The van der Waals surface area contributed by atoms with E-state index < -0.39 is 23.5 Å². The lowest BCUT2D eigenvalue weighted by molar-refractivity contribution is -0.140. The van der Waals surface area contributed by atoms with Crippen molar-refractivity contribution in [1.82, 2.24) is 9.80 Å². The van der Waals surface area contributed by atoms with E-state index in [0.717, 1.165) is 13.1 Å². The average molecular weight is 431 g/mol. The number of amides is 1. The van der Waals surface area contributed by atoms with Crippen LogP contribution in [0.25, 0.3) is 5.76 Å². The highest BCUT2D eigenvalue weighted by Gasteiger charge is 2.46. The van der Waals surface area contributed by atoms with Gasteiger partial charge in [-0.2, -0.15) is 0 Å². The van der Waals surface area contributed by atoms with Crippen molar-refractivity contribution in [2.75, 3.05) is 26.2 Å². The summed E-state index contributed by atoms with van der Waals surface area (Å²) in [6.07, 6.45) is 0. The molecule has 1 aliphatic rings. The Balaban J connectivity index is 2.11. The van der Waals surface area contributed by atoms with Crippen molar-refractivity contribution < 1.29 is 19.1 Å². The molecule has 0 spiro atoms. The molecule has 0 aromatic heterocycles. The lowest BCUT2D eigenvalue weighted by Crippen LogP contribution is -2.38. The predicted octanol–water partition coefficient (Wildman–Crippen LogP) is 4.24. The summed E-state index contributed by atoms with van der Waals surface area (Å²) in [6, 6.07) is 11.3. The van der Waals surface area contributed by atoms with Crippen LogP contribution in [-0.4, -0.2) is 52.8 Å². The van der Waals surface area contributed by atoms with Crippen molar-refractivity contribution in [3.63, 3.8) is 0 Å². The van der Waals surface area contributed by atoms with E-state index in [1.165, 1.54) is 17.0 Å². The Bertz CT molecular complexity index is 971. The van der Waals surface area contributed by atoms with Gasteiger partial charge in [-0.15, -0.1) is 0 Å². The molecule has 1 heterocycles. The first-order valence-electron chi connectivity index (χ1n) is 9.90. The molecule has 1 saturated heterocycles. The number of nitrogens with zero attached hydrogens (tertiary/aromatic N) is 2. The third-order valence-electron chi connectivity index (χ3n) is 5.41. The van der Waals surface area contributed by atoms with Gasteiger partial charge in [0.05, 0.1) is 11.6 Å². The molecule has 1 fully saturated rings. The van der Waals surface area contributed by atoms with E-state index in [-0.39, 0.29) is 23.4 Å². The van der Waals surface area contributed by atoms with Crippen LogP contribution in [0, 0.1) is 5.82 Å². The van der Waals surface area contributed by atoms with E-state index in [1.54, 1.807) is 36.4 Å². The molecule has 5 nitrogen and oxygen atoms in total. The van der Waals surface area contributed by atoms with Gasteiger partial charge in [-0.25, -0.2) is 4.39 Å². The number of Topliss-reactive ketones (excluding diaryl/α,β-unsaturated/α-hetero) is 1. The number of hydrogen-bond donors (Lipinski definition) is 1. The Labute approximate surface area is 180 Å². The fourth-order valence-corrected chi connectivity index (χ4v) is 3.81. The molecule has 0 unspecified atom stereocenters. The number of ketones is 1. The summed E-state index contributed by atoms with van der Waals surface area (Å²) in [5.74, 6) is -2.45. The summed E-state index contributed by atoms with van der Waals surface area (Å²) in [4.78, 5) is 29.2. The van der Waals surface area contributed by atoms with Gasteiger partial charge in [0.2, 0.25) is 0 Å². The molecule has 1 N–H and O–H groups in total. The van der Waals surface area contributed by atoms with Crippen LogP contribution in [0.1, 0.15) is 31.0 Å². The van der Waals surface area contributed by atoms with E-state index in [1.807, 2.05) is 13.8 Å². The number of benzene rings is 2. The molecule has 30 heavy (non-hydrogen) atoms. The second kappa shape index (κ2) is 9.41. The van der Waals surface area contributed by atoms with Crippen molar-refractivity contribution in [3.8, 4) is 0 Å². The molecule has 3 rings (SSSR count). The highest BCUT2D eigenvalue weighted by atomic mass is 35.5. The fourth-order valence-electron chi connectivity index (χ4n) is 3.68. The van der Waals surface area contributed by atoms with Crippen LogP contribution in [0.15, 0.2) is 54.1 Å². The monoisotopic (exact) mass is 430 g/mol. The largest absolute Gasteiger partial charge is 0.507 e. The number of rotatable bonds is 7. The molecule has 7 heteroatoms. The van der Waals surface area contributed by atoms with Crippen molar-refractivity contribution in [2.45, 2.75) is 19.9 Å². The first kappa shape index (κ1) is 22.0. The van der Waals surface area contributed by atoms with Crippen LogP contribution in [0.2, 0.25) is 5.02 Å². The van der Waals surface area contributed by atoms with Crippen LogP contribution in [0.5, 0.6) is 0 Å². The third kappa shape index (κ3) is 4.25. The Morgan fingerprint density at radius 1 is 1.10 bits per heavy atom. The minimum absolute atomic E-state index is 0.119. The fraction of sp³-hybridized carbons (Fsp3) is 0.304. The molecule has 0 radical (unpaired) electrons. The Morgan fingerprint density at radius 2 is 1.73 bits per heavy atom. The SMILES string of the molecule is CCN(CC)CCN1C(=O)C(=O)C(=C(O)c2ccc(Cl)cc2)[C@H]1c1ccccc1F. The van der Waals surface area contributed by atoms with E-state index in [2.05, 4.69) is 4.90 Å². The number of aliphatic hydroxyl groups is 1. The minimum Gasteiger partial charge on any atom is -0.507 e. The summed E-state index contributed by atoms with van der Waals surface area (Å²) in [5.41, 5.74) is 0.390. The average Bonchev–Trinajstić information content (AvgIpc) is 2.99. The standard InChI is InChI=1S/C23H24ClFN2O3/c1-3-26(4-2)13-14-27-20(17-7-5-6-8-18(17)25)19(22(29)23(27)30)21(28)15-9-11-16(24)12-10-15/h5-12,20,28H,3-4,13-14H2,1-2H3/t20-/m1/s1. The minimum atomic E-state index is -1.00. The van der Waals surface area contributed by atoms with Crippen LogP contribution in [0.3, 0.4) is 0 Å². The number of likely N-dealkylation sites (tertiary alicyclic amines) is 1. The van der Waals surface area contributed by atoms with Gasteiger partial charge in [0.25, 0.3) is 11.7 Å². The van der Waals surface area contributed by atoms with Gasteiger partial charge < -0.3 is 14.9 Å². The van der Waals surface area contributed by atoms with Crippen molar-refractivity contribution >= 4 is 29.1 Å². The Kier molecular flexibility index (Phi) is 6.90. The smallest absolute Gasteiger partial charge is 0.295 e. The maximum atomic E-state index is 14.7. The second-order valence-corrected chi connectivity index (χ2v) is 7.48. The molecule has 1 aliphatic heterocycles. The van der Waals surface area contributed by atoms with E-state index in [0.29, 0.717) is 17.1 Å². The maximum Gasteiger partial charge on any atom is 0.295 e. The number of likely N-dealkylation sites (N-methyl/N-ethyl adjacent to an activating group) is 1. The van der Waals surface area contributed by atoms with E-state index in [9.17, 15) is 19.1 Å². The van der Waals surface area contributed by atoms with Gasteiger partial charge in [-0.3, -0.25) is 9.59 Å². The molecule has 0 saturated carbocycles. The molecule has 1 amide bonds. The van der Waals surface area contributed by atoms with Gasteiger partial charge in [0.1, 0.15) is 11.6 Å². The Morgan fingerprint density at radius 3 is 2.33 bits per heavy atom. The Hall–Kier alpha value is -2.70. The summed E-state index contributed by atoms with van der Waals surface area (Å²) < 4.78 is 14.7. The van der Waals surface area contributed by atoms with Gasteiger partial charge in [-0.1, -0.05) is 43.6 Å². The van der Waals surface area contributed by atoms with Gasteiger partial charge in [0.15, 0.2) is 0 Å². The molecule has 0 aliphatic carbocycles. The topological polar surface area (TPSA) is 60.9 Å². The summed E-state index contributed by atoms with van der Waals surface area (Å²) in [7, 11) is 0. The lowest BCUT2D eigenvalue weighted by Gasteiger charge is -2.28. The zero-order valence-corrected chi connectivity index (χ0v) is 17.7. The first-order chi connectivity index (χ1) is 14.4. The normalized spacial score (nSPS) is 18.4. The van der Waals surface area contributed by atoms with Gasteiger partial charge >= 0.3 is 0 Å². The zero-order chi connectivity index (χ0) is 21.8. The molecule has 0 bridgehead atoms. The van der Waals surface area contributed by atoms with Crippen LogP contribution < -0.4 is 0 Å². The van der Waals surface area contributed by atoms with Crippen LogP contribution in [0.4, 0.5) is 4.39 Å². The number of carbonyl (C=O) groups is 2. The number of aliphatic hydroxyl groups excluding tert-OH is 1. The predicted molar refractivity (Wildman–Crippen MR) is 115 cm³/mol. The number of hydrogen-bond acceptors (Lipinski definition) is 4. The first-order valence-corrected chi connectivity index (χ1v) is 10.3. The van der Waals surface area contributed by atoms with Crippen molar-refractivity contribution in [1.29, 1.82) is 0 Å². The molecule has 2 aromatic rings. The lowest BCUT2D eigenvalue weighted by atomic mass is 9.95. The van der Waals surface area contributed by atoms with Crippen molar-refractivity contribution in [2.24, 2.45) is 0 Å². The number of halogens is 2. The van der Waals surface area contributed by atoms with Crippen LogP contribution >= 0.6 is 11.6 Å². The second-order valence-electron chi connectivity index (χ2n) is 7.05. The van der Waals surface area contributed by atoms with E-state index >= 15 is 0 Å².